The maximum atomic E-state index is 5.54. The van der Waals surface area contributed by atoms with E-state index in [1.807, 2.05) is 30.3 Å². The fourth-order valence-corrected chi connectivity index (χ4v) is 2.29. The average Bonchev–Trinajstić information content (AvgIpc) is 2.26. The summed E-state index contributed by atoms with van der Waals surface area (Å²) >= 11 is 5.18. The Hall–Kier alpha value is -1.09. The van der Waals surface area contributed by atoms with Crippen molar-refractivity contribution in [2.24, 2.45) is 11.3 Å². The quantitative estimate of drug-likeness (QED) is 0.813. The van der Waals surface area contributed by atoms with E-state index in [1.165, 1.54) is 0 Å². The van der Waals surface area contributed by atoms with Gasteiger partial charge in [-0.2, -0.15) is 0 Å². The van der Waals surface area contributed by atoms with E-state index < -0.39 is 0 Å². The molecule has 1 N–H and O–H groups in total. The van der Waals surface area contributed by atoms with Gasteiger partial charge in [0.2, 0.25) is 0 Å². The first kappa shape index (κ1) is 15.0. The summed E-state index contributed by atoms with van der Waals surface area (Å²) < 4.78 is 5.54. The summed E-state index contributed by atoms with van der Waals surface area (Å²) in [6.45, 7) is 9.79. The van der Waals surface area contributed by atoms with E-state index in [0.717, 1.165) is 18.7 Å². The Kier molecular flexibility index (Phi) is 5.60. The van der Waals surface area contributed by atoms with Crippen molar-refractivity contribution < 1.29 is 4.74 Å². The molecule has 100 valence electrons. The Labute approximate surface area is 116 Å². The lowest BCUT2D eigenvalue weighted by Crippen LogP contribution is -2.36. The van der Waals surface area contributed by atoms with Gasteiger partial charge in [0.25, 0.3) is 5.17 Å². The van der Waals surface area contributed by atoms with E-state index in [0.29, 0.717) is 11.1 Å². The van der Waals surface area contributed by atoms with Gasteiger partial charge in [0.05, 0.1) is 0 Å². The smallest absolute Gasteiger partial charge is 0.262 e. The van der Waals surface area contributed by atoms with Crippen LogP contribution in [-0.4, -0.2) is 11.7 Å². The highest BCUT2D eigenvalue weighted by molar-refractivity contribution is 7.80. The van der Waals surface area contributed by atoms with Crippen molar-refractivity contribution in [2.75, 3.05) is 6.54 Å². The van der Waals surface area contributed by atoms with Crippen LogP contribution in [0.4, 0.5) is 0 Å². The minimum absolute atomic E-state index is 0.221. The van der Waals surface area contributed by atoms with Crippen LogP contribution in [0.25, 0.3) is 0 Å². The van der Waals surface area contributed by atoms with Gasteiger partial charge in [0.15, 0.2) is 0 Å². The van der Waals surface area contributed by atoms with Crippen LogP contribution in [0.2, 0.25) is 0 Å². The molecular weight excluding hydrogens is 242 g/mol. The maximum absolute atomic E-state index is 5.54. The van der Waals surface area contributed by atoms with Crippen molar-refractivity contribution in [2.45, 2.75) is 34.1 Å². The van der Waals surface area contributed by atoms with Crippen molar-refractivity contribution in [3.8, 4) is 5.75 Å². The van der Waals surface area contributed by atoms with Crippen LogP contribution in [-0.2, 0) is 0 Å². The highest BCUT2D eigenvalue weighted by Crippen LogP contribution is 2.24. The topological polar surface area (TPSA) is 21.3 Å². The lowest BCUT2D eigenvalue weighted by molar-refractivity contribution is 0.283. The zero-order valence-corrected chi connectivity index (χ0v) is 12.5. The lowest BCUT2D eigenvalue weighted by atomic mass is 9.84. The summed E-state index contributed by atoms with van der Waals surface area (Å²) in [4.78, 5) is 0. The number of thiocarbonyl (C=S) groups is 1. The molecule has 0 spiro atoms. The Morgan fingerprint density at radius 1 is 1.28 bits per heavy atom. The minimum Gasteiger partial charge on any atom is -0.432 e. The molecule has 2 nitrogen and oxygen atoms in total. The third-order valence-corrected chi connectivity index (χ3v) is 2.85. The predicted octanol–water partition coefficient (Wildman–Crippen LogP) is 4.01. The van der Waals surface area contributed by atoms with Crippen LogP contribution in [0.5, 0.6) is 5.75 Å². The molecule has 0 saturated heterocycles. The summed E-state index contributed by atoms with van der Waals surface area (Å²) in [5, 5.41) is 3.63. The molecule has 0 unspecified atom stereocenters. The van der Waals surface area contributed by atoms with E-state index >= 15 is 0 Å². The summed E-state index contributed by atoms with van der Waals surface area (Å²) in [7, 11) is 0. The normalized spacial score (nSPS) is 11.4. The standard InChI is InChI=1S/C15H23NOS/c1-12(2)10-15(3,4)11-16-14(18)17-13-8-6-5-7-9-13/h5-9,12H,10-11H2,1-4H3,(H,16,18). The van der Waals surface area contributed by atoms with Gasteiger partial charge in [-0.05, 0) is 42.1 Å². The second-order valence-electron chi connectivity index (χ2n) is 5.82. The molecule has 0 fully saturated rings. The third kappa shape index (κ3) is 6.01. The van der Waals surface area contributed by atoms with Crippen molar-refractivity contribution in [1.29, 1.82) is 0 Å². The third-order valence-electron chi connectivity index (χ3n) is 2.63. The van der Waals surface area contributed by atoms with Gasteiger partial charge in [0, 0.05) is 6.54 Å². The minimum atomic E-state index is 0.221. The summed E-state index contributed by atoms with van der Waals surface area (Å²) in [5.41, 5.74) is 0.221. The maximum Gasteiger partial charge on any atom is 0.262 e. The molecule has 0 heterocycles. The van der Waals surface area contributed by atoms with E-state index in [1.54, 1.807) is 0 Å². The monoisotopic (exact) mass is 265 g/mol. The molecule has 0 atom stereocenters. The fraction of sp³-hybridized carbons (Fsp3) is 0.533. The highest BCUT2D eigenvalue weighted by Gasteiger charge is 2.19. The number of hydrogen-bond acceptors (Lipinski definition) is 2. The van der Waals surface area contributed by atoms with Gasteiger partial charge in [-0.1, -0.05) is 45.9 Å². The van der Waals surface area contributed by atoms with Crippen LogP contribution < -0.4 is 10.1 Å². The lowest BCUT2D eigenvalue weighted by Gasteiger charge is -2.27. The average molecular weight is 265 g/mol. The Morgan fingerprint density at radius 2 is 1.89 bits per heavy atom. The SMILES string of the molecule is CC(C)CC(C)(C)CNC(=S)Oc1ccccc1. The van der Waals surface area contributed by atoms with Gasteiger partial charge in [-0.3, -0.25) is 0 Å². The number of hydrogen-bond donors (Lipinski definition) is 1. The van der Waals surface area contributed by atoms with Gasteiger partial charge < -0.3 is 10.1 Å². The molecule has 18 heavy (non-hydrogen) atoms. The number of rotatable bonds is 5. The van der Waals surface area contributed by atoms with Crippen LogP contribution in [0.15, 0.2) is 30.3 Å². The second-order valence-corrected chi connectivity index (χ2v) is 6.19. The van der Waals surface area contributed by atoms with Crippen molar-refractivity contribution in [3.05, 3.63) is 30.3 Å². The summed E-state index contributed by atoms with van der Waals surface area (Å²) in [5.74, 6) is 1.46. The van der Waals surface area contributed by atoms with E-state index in [-0.39, 0.29) is 5.41 Å². The number of nitrogens with one attached hydrogen (secondary N) is 1. The van der Waals surface area contributed by atoms with Crippen molar-refractivity contribution >= 4 is 17.4 Å². The van der Waals surface area contributed by atoms with Crippen molar-refractivity contribution in [3.63, 3.8) is 0 Å². The van der Waals surface area contributed by atoms with E-state index in [2.05, 4.69) is 33.0 Å². The number of para-hydroxylation sites is 1. The van der Waals surface area contributed by atoms with Crippen LogP contribution >= 0.6 is 12.2 Å². The molecule has 0 aliphatic carbocycles. The van der Waals surface area contributed by atoms with Gasteiger partial charge >= 0.3 is 0 Å². The van der Waals surface area contributed by atoms with Crippen LogP contribution in [0.3, 0.4) is 0 Å². The zero-order chi connectivity index (χ0) is 13.6. The Morgan fingerprint density at radius 3 is 2.44 bits per heavy atom. The first-order valence-corrected chi connectivity index (χ1v) is 6.80. The summed E-state index contributed by atoms with van der Waals surface area (Å²) in [6.07, 6.45) is 1.16. The molecule has 0 aliphatic rings. The molecular formula is C15H23NOS. The second kappa shape index (κ2) is 6.74. The predicted molar refractivity (Wildman–Crippen MR) is 80.9 cm³/mol. The Bertz CT molecular complexity index is 373. The van der Waals surface area contributed by atoms with Crippen molar-refractivity contribution in [1.82, 2.24) is 5.32 Å². The molecule has 0 aliphatic heterocycles. The molecule has 0 bridgehead atoms. The number of benzene rings is 1. The van der Waals surface area contributed by atoms with Crippen LogP contribution in [0.1, 0.15) is 34.1 Å². The molecule has 0 aromatic heterocycles. The molecule has 1 rings (SSSR count). The molecule has 0 amide bonds. The molecule has 0 radical (unpaired) electrons. The molecule has 0 saturated carbocycles. The first-order valence-electron chi connectivity index (χ1n) is 6.40. The largest absolute Gasteiger partial charge is 0.432 e. The molecule has 1 aromatic carbocycles. The van der Waals surface area contributed by atoms with Gasteiger partial charge in [0.1, 0.15) is 5.75 Å². The Balaban J connectivity index is 2.37. The van der Waals surface area contributed by atoms with Crippen LogP contribution in [0, 0.1) is 11.3 Å². The fourth-order valence-electron chi connectivity index (χ4n) is 2.12. The summed E-state index contributed by atoms with van der Waals surface area (Å²) in [6, 6.07) is 9.61. The molecule has 3 heteroatoms. The number of ether oxygens (including phenoxy) is 1. The molecule has 1 aromatic rings. The van der Waals surface area contributed by atoms with Gasteiger partial charge in [-0.25, -0.2) is 0 Å². The highest BCUT2D eigenvalue weighted by atomic mass is 32.1. The van der Waals surface area contributed by atoms with E-state index in [9.17, 15) is 0 Å². The first-order chi connectivity index (χ1) is 8.39. The van der Waals surface area contributed by atoms with Gasteiger partial charge in [-0.15, -0.1) is 0 Å². The zero-order valence-electron chi connectivity index (χ0n) is 11.7. The van der Waals surface area contributed by atoms with E-state index in [4.69, 9.17) is 17.0 Å².